The summed E-state index contributed by atoms with van der Waals surface area (Å²) in [5.41, 5.74) is 0. The molecule has 4 nitrogen and oxygen atoms in total. The summed E-state index contributed by atoms with van der Waals surface area (Å²) in [4.78, 5) is 0. The number of hydrogen-bond donors (Lipinski definition) is 2. The SMILES string of the molecule is CCCCCC(O)C=CC1C[C@H]2[C@@H](CC23OCCO3)C1O. The van der Waals surface area contributed by atoms with Crippen LogP contribution in [0.1, 0.15) is 45.4 Å². The van der Waals surface area contributed by atoms with E-state index in [1.54, 1.807) is 0 Å². The lowest BCUT2D eigenvalue weighted by Gasteiger charge is -2.48. The van der Waals surface area contributed by atoms with Gasteiger partial charge in [-0.2, -0.15) is 0 Å². The Morgan fingerprint density at radius 1 is 1.29 bits per heavy atom. The average Bonchev–Trinajstić information content (AvgIpc) is 3.04. The maximum absolute atomic E-state index is 10.4. The zero-order valence-electron chi connectivity index (χ0n) is 12.9. The van der Waals surface area contributed by atoms with E-state index in [1.807, 2.05) is 12.2 Å². The molecular formula is C17H28O4. The zero-order chi connectivity index (χ0) is 14.9. The molecule has 0 radical (unpaired) electrons. The predicted octanol–water partition coefficient (Wildman–Crippen LogP) is 2.24. The molecule has 2 aliphatic carbocycles. The molecule has 2 saturated carbocycles. The Labute approximate surface area is 127 Å². The van der Waals surface area contributed by atoms with Crippen LogP contribution in [0.5, 0.6) is 0 Å². The fourth-order valence-electron chi connectivity index (χ4n) is 4.22. The summed E-state index contributed by atoms with van der Waals surface area (Å²) in [6.45, 7) is 3.52. The fraction of sp³-hybridized carbons (Fsp3) is 0.882. The lowest BCUT2D eigenvalue weighted by atomic mass is 9.69. The summed E-state index contributed by atoms with van der Waals surface area (Å²) in [5, 5.41) is 20.4. The van der Waals surface area contributed by atoms with Gasteiger partial charge in [0.15, 0.2) is 5.79 Å². The Hall–Kier alpha value is -0.420. The molecule has 1 aliphatic heterocycles. The Bertz CT molecular complexity index is 375. The van der Waals surface area contributed by atoms with Crippen molar-refractivity contribution < 1.29 is 19.7 Å². The molecule has 0 aromatic heterocycles. The number of unbranched alkanes of at least 4 members (excludes halogenated alkanes) is 2. The Balaban J connectivity index is 1.51. The van der Waals surface area contributed by atoms with Gasteiger partial charge in [-0.1, -0.05) is 38.3 Å². The van der Waals surface area contributed by atoms with Gasteiger partial charge in [-0.15, -0.1) is 0 Å². The molecule has 1 heterocycles. The number of aliphatic hydroxyl groups excluding tert-OH is 2. The average molecular weight is 296 g/mol. The molecule has 0 aromatic carbocycles. The highest BCUT2D eigenvalue weighted by molar-refractivity contribution is 5.13. The van der Waals surface area contributed by atoms with E-state index in [-0.39, 0.29) is 18.1 Å². The normalized spacial score (nSPS) is 38.8. The quantitative estimate of drug-likeness (QED) is 0.583. The van der Waals surface area contributed by atoms with Crippen LogP contribution in [0.3, 0.4) is 0 Å². The monoisotopic (exact) mass is 296 g/mol. The van der Waals surface area contributed by atoms with Gasteiger partial charge in [0.1, 0.15) is 0 Å². The maximum Gasteiger partial charge on any atom is 0.172 e. The van der Waals surface area contributed by atoms with E-state index in [9.17, 15) is 10.2 Å². The molecule has 0 bridgehead atoms. The first-order valence-electron chi connectivity index (χ1n) is 8.48. The van der Waals surface area contributed by atoms with Crippen molar-refractivity contribution in [2.45, 2.75) is 63.4 Å². The van der Waals surface area contributed by atoms with Crippen LogP contribution in [-0.4, -0.2) is 41.4 Å². The lowest BCUT2D eigenvalue weighted by Crippen LogP contribution is -2.54. The molecule has 3 unspecified atom stereocenters. The molecule has 5 atom stereocenters. The fourth-order valence-corrected chi connectivity index (χ4v) is 4.22. The first kappa shape index (κ1) is 15.5. The van der Waals surface area contributed by atoms with Crippen LogP contribution in [0.2, 0.25) is 0 Å². The Kier molecular flexibility index (Phi) is 4.69. The van der Waals surface area contributed by atoms with Crippen LogP contribution in [0, 0.1) is 17.8 Å². The van der Waals surface area contributed by atoms with Gasteiger partial charge in [-0.3, -0.25) is 0 Å². The first-order chi connectivity index (χ1) is 10.2. The van der Waals surface area contributed by atoms with Gasteiger partial charge in [-0.25, -0.2) is 0 Å². The van der Waals surface area contributed by atoms with E-state index >= 15 is 0 Å². The highest BCUT2D eigenvalue weighted by Crippen LogP contribution is 2.59. The van der Waals surface area contributed by atoms with Crippen molar-refractivity contribution in [2.75, 3.05) is 13.2 Å². The molecule has 0 aromatic rings. The highest BCUT2D eigenvalue weighted by Gasteiger charge is 2.64. The molecule has 4 heteroatoms. The van der Waals surface area contributed by atoms with Gasteiger partial charge in [-0.05, 0) is 18.8 Å². The minimum Gasteiger partial charge on any atom is -0.392 e. The smallest absolute Gasteiger partial charge is 0.172 e. The van der Waals surface area contributed by atoms with Crippen molar-refractivity contribution in [3.8, 4) is 0 Å². The van der Waals surface area contributed by atoms with Gasteiger partial charge >= 0.3 is 0 Å². The van der Waals surface area contributed by atoms with E-state index < -0.39 is 5.79 Å². The third-order valence-corrected chi connectivity index (χ3v) is 5.47. The van der Waals surface area contributed by atoms with Crippen LogP contribution < -0.4 is 0 Å². The number of ether oxygens (including phenoxy) is 2. The van der Waals surface area contributed by atoms with Crippen LogP contribution >= 0.6 is 0 Å². The molecule has 1 spiro atoms. The van der Waals surface area contributed by atoms with E-state index in [4.69, 9.17) is 9.47 Å². The topological polar surface area (TPSA) is 58.9 Å². The summed E-state index contributed by atoms with van der Waals surface area (Å²) in [6, 6.07) is 0. The minimum atomic E-state index is -0.395. The second-order valence-electron chi connectivity index (χ2n) is 6.82. The lowest BCUT2D eigenvalue weighted by molar-refractivity contribution is -0.275. The standard InChI is InChI=1S/C17H28O4/c1-2-3-4-5-13(18)7-6-12-10-15-14(16(12)19)11-17(15)20-8-9-21-17/h6-7,12-16,18-19H,2-5,8-11H2,1H3/t12?,13?,14-,15+,16?/m1/s1. The van der Waals surface area contributed by atoms with Crippen molar-refractivity contribution in [1.29, 1.82) is 0 Å². The van der Waals surface area contributed by atoms with Crippen LogP contribution in [0.15, 0.2) is 12.2 Å². The summed E-state index contributed by atoms with van der Waals surface area (Å²) < 4.78 is 11.5. The largest absolute Gasteiger partial charge is 0.392 e. The molecule has 0 amide bonds. The van der Waals surface area contributed by atoms with E-state index in [0.29, 0.717) is 25.0 Å². The molecule has 3 rings (SSSR count). The highest BCUT2D eigenvalue weighted by atomic mass is 16.7. The minimum absolute atomic E-state index is 0.132. The van der Waals surface area contributed by atoms with Crippen molar-refractivity contribution in [3.05, 3.63) is 12.2 Å². The molecule has 2 N–H and O–H groups in total. The zero-order valence-corrected chi connectivity index (χ0v) is 12.9. The van der Waals surface area contributed by atoms with Gasteiger partial charge < -0.3 is 19.7 Å². The van der Waals surface area contributed by atoms with Gasteiger partial charge in [0.05, 0.1) is 25.4 Å². The van der Waals surface area contributed by atoms with Crippen LogP contribution in [0.4, 0.5) is 0 Å². The summed E-state index contributed by atoms with van der Waals surface area (Å²) in [6.07, 6.45) is 9.14. The van der Waals surface area contributed by atoms with E-state index in [0.717, 1.165) is 32.1 Å². The third kappa shape index (κ3) is 2.91. The summed E-state index contributed by atoms with van der Waals surface area (Å²) >= 11 is 0. The van der Waals surface area contributed by atoms with Crippen molar-refractivity contribution >= 4 is 0 Å². The molecule has 3 aliphatic rings. The molecule has 120 valence electrons. The summed E-state index contributed by atoms with van der Waals surface area (Å²) in [7, 11) is 0. The van der Waals surface area contributed by atoms with Gasteiger partial charge in [0.2, 0.25) is 0 Å². The Morgan fingerprint density at radius 3 is 2.76 bits per heavy atom. The van der Waals surface area contributed by atoms with E-state index in [1.165, 1.54) is 6.42 Å². The second-order valence-corrected chi connectivity index (χ2v) is 6.82. The van der Waals surface area contributed by atoms with E-state index in [2.05, 4.69) is 6.92 Å². The number of hydrogen-bond acceptors (Lipinski definition) is 4. The molecular weight excluding hydrogens is 268 g/mol. The molecule has 3 fully saturated rings. The van der Waals surface area contributed by atoms with Crippen LogP contribution in [0.25, 0.3) is 0 Å². The maximum atomic E-state index is 10.4. The molecule has 1 saturated heterocycles. The van der Waals surface area contributed by atoms with Crippen LogP contribution in [-0.2, 0) is 9.47 Å². The summed E-state index contributed by atoms with van der Waals surface area (Å²) in [5.74, 6) is 0.360. The predicted molar refractivity (Wildman–Crippen MR) is 79.6 cm³/mol. The number of rotatable bonds is 6. The number of fused-ring (bicyclic) bond motifs is 2. The van der Waals surface area contributed by atoms with Gasteiger partial charge in [0, 0.05) is 18.3 Å². The second kappa shape index (κ2) is 6.37. The number of aliphatic hydroxyl groups is 2. The van der Waals surface area contributed by atoms with Crippen molar-refractivity contribution in [2.24, 2.45) is 17.8 Å². The first-order valence-corrected chi connectivity index (χ1v) is 8.48. The van der Waals surface area contributed by atoms with Gasteiger partial charge in [0.25, 0.3) is 0 Å². The Morgan fingerprint density at radius 2 is 2.05 bits per heavy atom. The molecule has 21 heavy (non-hydrogen) atoms. The van der Waals surface area contributed by atoms with Crippen molar-refractivity contribution in [1.82, 2.24) is 0 Å². The van der Waals surface area contributed by atoms with Crippen molar-refractivity contribution in [3.63, 3.8) is 0 Å². The third-order valence-electron chi connectivity index (χ3n) is 5.47.